The number of thioether (sulfide) groups is 1. The van der Waals surface area contributed by atoms with E-state index in [0.29, 0.717) is 24.4 Å². The molecular formula is C19H26N4O4S. The number of fused-ring (bicyclic) bond motifs is 3. The lowest BCUT2D eigenvalue weighted by Crippen LogP contribution is -2.38. The fourth-order valence-electron chi connectivity index (χ4n) is 3.27. The fourth-order valence-corrected chi connectivity index (χ4v) is 4.22. The van der Waals surface area contributed by atoms with E-state index in [1.807, 2.05) is 26.8 Å². The van der Waals surface area contributed by atoms with E-state index in [9.17, 15) is 9.59 Å². The van der Waals surface area contributed by atoms with E-state index in [-0.39, 0.29) is 17.5 Å². The number of nitrogens with zero attached hydrogens (tertiary/aromatic N) is 4. The van der Waals surface area contributed by atoms with Crippen molar-refractivity contribution in [1.29, 1.82) is 0 Å². The SMILES string of the molecule is COC(=O)CCSc1cc2c(n3ncnc13)C(C)(C)CN2C(=O)OC(C)(C)C. The summed E-state index contributed by atoms with van der Waals surface area (Å²) in [5, 5.41) is 4.40. The number of rotatable bonds is 4. The predicted molar refractivity (Wildman–Crippen MR) is 107 cm³/mol. The molecule has 0 bridgehead atoms. The number of ether oxygens (including phenoxy) is 2. The number of hydrogen-bond donors (Lipinski definition) is 0. The van der Waals surface area contributed by atoms with Gasteiger partial charge in [0.25, 0.3) is 0 Å². The molecule has 0 aromatic carbocycles. The second kappa shape index (κ2) is 7.27. The maximum absolute atomic E-state index is 12.8. The number of hydrogen-bond acceptors (Lipinski definition) is 7. The minimum Gasteiger partial charge on any atom is -0.469 e. The Morgan fingerprint density at radius 3 is 2.68 bits per heavy atom. The Morgan fingerprint density at radius 1 is 1.32 bits per heavy atom. The van der Waals surface area contributed by atoms with Crippen LogP contribution in [0, 0.1) is 0 Å². The van der Waals surface area contributed by atoms with E-state index in [1.54, 1.807) is 9.42 Å². The van der Waals surface area contributed by atoms with Crippen LogP contribution in [0.4, 0.5) is 10.5 Å². The van der Waals surface area contributed by atoms with Gasteiger partial charge in [-0.05, 0) is 26.8 Å². The van der Waals surface area contributed by atoms with Crippen LogP contribution in [-0.2, 0) is 19.7 Å². The summed E-state index contributed by atoms with van der Waals surface area (Å²) in [5.74, 6) is 0.284. The molecule has 0 spiro atoms. The summed E-state index contributed by atoms with van der Waals surface area (Å²) in [5.41, 5.74) is 1.50. The second-order valence-electron chi connectivity index (χ2n) is 8.36. The van der Waals surface area contributed by atoms with E-state index in [0.717, 1.165) is 16.3 Å². The van der Waals surface area contributed by atoms with Crippen molar-refractivity contribution < 1.29 is 19.1 Å². The molecule has 152 valence electrons. The van der Waals surface area contributed by atoms with Gasteiger partial charge in [-0.15, -0.1) is 11.8 Å². The normalized spacial score (nSPS) is 15.6. The number of esters is 1. The number of anilines is 1. The van der Waals surface area contributed by atoms with Gasteiger partial charge in [0.2, 0.25) is 0 Å². The van der Waals surface area contributed by atoms with Gasteiger partial charge in [-0.1, -0.05) is 13.8 Å². The topological polar surface area (TPSA) is 86.0 Å². The number of pyridine rings is 1. The third kappa shape index (κ3) is 3.94. The Bertz CT molecular complexity index is 917. The van der Waals surface area contributed by atoms with Gasteiger partial charge in [-0.2, -0.15) is 5.10 Å². The van der Waals surface area contributed by atoms with Crippen molar-refractivity contribution in [3.05, 3.63) is 18.1 Å². The molecule has 0 unspecified atom stereocenters. The van der Waals surface area contributed by atoms with Crippen LogP contribution in [0.15, 0.2) is 17.3 Å². The Morgan fingerprint density at radius 2 is 2.04 bits per heavy atom. The molecule has 0 fully saturated rings. The van der Waals surface area contributed by atoms with E-state index in [1.165, 1.54) is 25.2 Å². The molecule has 0 radical (unpaired) electrons. The molecule has 3 heterocycles. The van der Waals surface area contributed by atoms with Gasteiger partial charge < -0.3 is 9.47 Å². The Kier molecular flexibility index (Phi) is 5.31. The van der Waals surface area contributed by atoms with Gasteiger partial charge in [0.15, 0.2) is 5.65 Å². The molecule has 0 N–H and O–H groups in total. The average Bonchev–Trinajstić information content (AvgIpc) is 3.15. The molecule has 28 heavy (non-hydrogen) atoms. The van der Waals surface area contributed by atoms with Crippen molar-refractivity contribution in [2.45, 2.75) is 57.0 Å². The van der Waals surface area contributed by atoms with Gasteiger partial charge in [-0.25, -0.2) is 14.3 Å². The standard InChI is InChI=1S/C19H26N4O4S/c1-18(2,3)27-17(25)22-10-19(4,5)15-12(22)9-13(16-20-11-21-23(15)16)28-8-7-14(24)26-6/h9,11H,7-8,10H2,1-6H3. The third-order valence-electron chi connectivity index (χ3n) is 4.38. The van der Waals surface area contributed by atoms with Crippen molar-refractivity contribution in [3.8, 4) is 0 Å². The first-order valence-corrected chi connectivity index (χ1v) is 10.1. The smallest absolute Gasteiger partial charge is 0.414 e. The summed E-state index contributed by atoms with van der Waals surface area (Å²) in [4.78, 5) is 31.2. The molecule has 0 aliphatic carbocycles. The first-order chi connectivity index (χ1) is 13.0. The lowest BCUT2D eigenvalue weighted by molar-refractivity contribution is -0.140. The highest BCUT2D eigenvalue weighted by atomic mass is 32.2. The highest BCUT2D eigenvalue weighted by Crippen LogP contribution is 2.43. The van der Waals surface area contributed by atoms with Crippen molar-refractivity contribution >= 4 is 35.2 Å². The van der Waals surface area contributed by atoms with Crippen LogP contribution in [-0.4, -0.2) is 51.7 Å². The largest absolute Gasteiger partial charge is 0.469 e. The summed E-state index contributed by atoms with van der Waals surface area (Å²) in [7, 11) is 1.37. The molecule has 0 saturated heterocycles. The van der Waals surface area contributed by atoms with Crippen molar-refractivity contribution in [2.75, 3.05) is 24.3 Å². The molecule has 1 aliphatic rings. The maximum Gasteiger partial charge on any atom is 0.414 e. The van der Waals surface area contributed by atoms with Crippen LogP contribution in [0.5, 0.6) is 0 Å². The summed E-state index contributed by atoms with van der Waals surface area (Å²) < 4.78 is 12.1. The lowest BCUT2D eigenvalue weighted by Gasteiger charge is -2.25. The van der Waals surface area contributed by atoms with E-state index >= 15 is 0 Å². The molecule has 0 saturated carbocycles. The minimum atomic E-state index is -0.584. The zero-order valence-corrected chi connectivity index (χ0v) is 17.9. The van der Waals surface area contributed by atoms with Crippen molar-refractivity contribution in [3.63, 3.8) is 0 Å². The number of carbonyl (C=O) groups excluding carboxylic acids is 2. The second-order valence-corrected chi connectivity index (χ2v) is 9.50. The minimum absolute atomic E-state index is 0.261. The Labute approximate surface area is 168 Å². The summed E-state index contributed by atoms with van der Waals surface area (Å²) >= 11 is 1.49. The molecule has 3 rings (SSSR count). The number of methoxy groups -OCH3 is 1. The molecule has 1 amide bonds. The summed E-state index contributed by atoms with van der Waals surface area (Å²) in [6.45, 7) is 10.2. The van der Waals surface area contributed by atoms with Gasteiger partial charge in [0.05, 0.1) is 29.8 Å². The van der Waals surface area contributed by atoms with Crippen LogP contribution < -0.4 is 4.90 Å². The monoisotopic (exact) mass is 406 g/mol. The molecule has 9 heteroatoms. The quantitative estimate of drug-likeness (QED) is 0.568. The fraction of sp³-hybridized carbons (Fsp3) is 0.579. The average molecular weight is 407 g/mol. The van der Waals surface area contributed by atoms with E-state index in [4.69, 9.17) is 9.47 Å². The van der Waals surface area contributed by atoms with Gasteiger partial charge in [0, 0.05) is 17.7 Å². The van der Waals surface area contributed by atoms with Gasteiger partial charge >= 0.3 is 12.1 Å². The molecule has 2 aromatic heterocycles. The molecule has 0 atom stereocenters. The van der Waals surface area contributed by atoms with E-state index < -0.39 is 5.60 Å². The summed E-state index contributed by atoms with van der Waals surface area (Å²) in [6, 6.07) is 1.94. The Balaban J connectivity index is 2.01. The number of amides is 1. The summed E-state index contributed by atoms with van der Waals surface area (Å²) in [6.07, 6.45) is 1.41. The zero-order chi connectivity index (χ0) is 20.7. The number of aromatic nitrogens is 3. The van der Waals surface area contributed by atoms with Crippen LogP contribution in [0.1, 0.15) is 46.7 Å². The first-order valence-electron chi connectivity index (χ1n) is 9.11. The molecule has 8 nitrogen and oxygen atoms in total. The predicted octanol–water partition coefficient (Wildman–Crippen LogP) is 3.42. The highest BCUT2D eigenvalue weighted by molar-refractivity contribution is 7.99. The third-order valence-corrected chi connectivity index (χ3v) is 5.40. The Hall–Kier alpha value is -2.29. The van der Waals surface area contributed by atoms with Crippen molar-refractivity contribution in [1.82, 2.24) is 14.6 Å². The van der Waals surface area contributed by atoms with Crippen molar-refractivity contribution in [2.24, 2.45) is 0 Å². The van der Waals surface area contributed by atoms with Gasteiger partial charge in [-0.3, -0.25) is 9.69 Å². The molecule has 2 aromatic rings. The highest BCUT2D eigenvalue weighted by Gasteiger charge is 2.42. The van der Waals surface area contributed by atoms with E-state index in [2.05, 4.69) is 23.9 Å². The maximum atomic E-state index is 12.8. The number of carbonyl (C=O) groups is 2. The zero-order valence-electron chi connectivity index (χ0n) is 17.1. The van der Waals surface area contributed by atoms with Crippen LogP contribution >= 0.6 is 11.8 Å². The van der Waals surface area contributed by atoms with Crippen LogP contribution in [0.25, 0.3) is 5.65 Å². The molecular weight excluding hydrogens is 380 g/mol. The molecule has 1 aliphatic heterocycles. The van der Waals surface area contributed by atoms with Crippen LogP contribution in [0.3, 0.4) is 0 Å². The lowest BCUT2D eigenvalue weighted by atomic mass is 9.91. The first kappa shape index (κ1) is 20.4. The van der Waals surface area contributed by atoms with Crippen LogP contribution in [0.2, 0.25) is 0 Å². The van der Waals surface area contributed by atoms with Gasteiger partial charge in [0.1, 0.15) is 11.9 Å².